The molecule has 0 bridgehead atoms. The minimum Gasteiger partial charge on any atom is -0.465 e. The average Bonchev–Trinajstić information content (AvgIpc) is 2.78. The smallest absolute Gasteiger partial charge is 0.337 e. The molecule has 1 aliphatic heterocycles. The Balaban J connectivity index is 1.68. The molecule has 1 N–H and O–H groups in total. The van der Waals surface area contributed by atoms with Crippen LogP contribution in [0.1, 0.15) is 46.8 Å². The van der Waals surface area contributed by atoms with Gasteiger partial charge in [0.1, 0.15) is 0 Å². The Hall–Kier alpha value is -3.47. The molecule has 5 heteroatoms. The number of benzene rings is 2. The summed E-state index contributed by atoms with van der Waals surface area (Å²) in [4.78, 5) is 29.2. The molecule has 0 spiro atoms. The van der Waals surface area contributed by atoms with Gasteiger partial charge in [-0.3, -0.25) is 9.78 Å². The number of methoxy groups -OCH3 is 1. The van der Waals surface area contributed by atoms with E-state index in [0.29, 0.717) is 12.0 Å². The van der Waals surface area contributed by atoms with Crippen LogP contribution in [-0.4, -0.2) is 23.8 Å². The number of hydrogen-bond donors (Lipinski definition) is 1. The number of Topliss-reactive ketones (excluding diaryl/α,β-unsaturated/α-hetero) is 1. The molecule has 1 atom stereocenters. The number of rotatable bonds is 2. The number of nitrogens with zero attached hydrogens (tertiary/aromatic N) is 1. The van der Waals surface area contributed by atoms with Crippen LogP contribution in [0.4, 0.5) is 5.69 Å². The predicted octanol–water partition coefficient (Wildman–Crippen LogP) is 4.69. The van der Waals surface area contributed by atoms with E-state index in [0.717, 1.165) is 51.7 Å². The van der Waals surface area contributed by atoms with Crippen molar-refractivity contribution in [3.05, 3.63) is 77.0 Å². The van der Waals surface area contributed by atoms with Gasteiger partial charge in [-0.15, -0.1) is 0 Å². The van der Waals surface area contributed by atoms with Crippen LogP contribution >= 0.6 is 0 Å². The van der Waals surface area contributed by atoms with E-state index in [9.17, 15) is 9.59 Å². The fraction of sp³-hybridized carbons (Fsp3) is 0.208. The number of aromatic nitrogens is 1. The van der Waals surface area contributed by atoms with Crippen LogP contribution < -0.4 is 5.32 Å². The van der Waals surface area contributed by atoms with Gasteiger partial charge in [0.25, 0.3) is 0 Å². The van der Waals surface area contributed by atoms with E-state index in [1.807, 2.05) is 30.3 Å². The first kappa shape index (κ1) is 17.6. The van der Waals surface area contributed by atoms with Crippen molar-refractivity contribution in [2.24, 2.45) is 0 Å². The van der Waals surface area contributed by atoms with E-state index in [2.05, 4.69) is 16.4 Å². The van der Waals surface area contributed by atoms with Crippen LogP contribution in [-0.2, 0) is 9.53 Å². The fourth-order valence-electron chi connectivity index (χ4n) is 4.46. The van der Waals surface area contributed by atoms with Crippen LogP contribution in [0, 0.1) is 0 Å². The van der Waals surface area contributed by atoms with Crippen molar-refractivity contribution < 1.29 is 14.3 Å². The number of allylic oxidation sites excluding steroid dienone is 1. The second-order valence-corrected chi connectivity index (χ2v) is 7.42. The number of ketones is 1. The number of carbonyl (C=O) groups excluding carboxylic acids is 2. The lowest BCUT2D eigenvalue weighted by molar-refractivity contribution is -0.116. The third kappa shape index (κ3) is 2.81. The van der Waals surface area contributed by atoms with Gasteiger partial charge in [-0.05, 0) is 54.3 Å². The van der Waals surface area contributed by atoms with Crippen molar-refractivity contribution in [1.82, 2.24) is 4.98 Å². The maximum atomic E-state index is 13.0. The quantitative estimate of drug-likeness (QED) is 0.649. The largest absolute Gasteiger partial charge is 0.465 e. The van der Waals surface area contributed by atoms with E-state index in [1.165, 1.54) is 7.11 Å². The van der Waals surface area contributed by atoms with Gasteiger partial charge >= 0.3 is 5.97 Å². The average molecular weight is 384 g/mol. The second-order valence-electron chi connectivity index (χ2n) is 7.42. The molecule has 2 aliphatic rings. The Morgan fingerprint density at radius 2 is 1.93 bits per heavy atom. The molecule has 0 amide bonds. The molecule has 0 saturated carbocycles. The first-order valence-corrected chi connectivity index (χ1v) is 9.76. The molecule has 5 rings (SSSR count). The van der Waals surface area contributed by atoms with Gasteiger partial charge in [-0.2, -0.15) is 0 Å². The topological polar surface area (TPSA) is 68.3 Å². The minimum atomic E-state index is -0.369. The molecule has 0 radical (unpaired) electrons. The van der Waals surface area contributed by atoms with E-state index < -0.39 is 0 Å². The van der Waals surface area contributed by atoms with Gasteiger partial charge in [0.05, 0.1) is 24.2 Å². The third-order valence-electron chi connectivity index (χ3n) is 5.80. The molecular weight excluding hydrogens is 364 g/mol. The number of pyridine rings is 1. The number of anilines is 1. The Morgan fingerprint density at radius 3 is 2.72 bits per heavy atom. The summed E-state index contributed by atoms with van der Waals surface area (Å²) in [5.74, 6) is -0.182. The van der Waals surface area contributed by atoms with Crippen molar-refractivity contribution in [2.45, 2.75) is 25.3 Å². The molecule has 1 aliphatic carbocycles. The lowest BCUT2D eigenvalue weighted by Gasteiger charge is -2.35. The number of carbonyl (C=O) groups is 2. The Morgan fingerprint density at radius 1 is 1.10 bits per heavy atom. The van der Waals surface area contributed by atoms with E-state index >= 15 is 0 Å². The van der Waals surface area contributed by atoms with Crippen LogP contribution in [0.25, 0.3) is 16.5 Å². The highest BCUT2D eigenvalue weighted by Crippen LogP contribution is 2.47. The molecule has 2 aromatic carbocycles. The van der Waals surface area contributed by atoms with Crippen LogP contribution in [0.2, 0.25) is 0 Å². The Labute approximate surface area is 168 Å². The van der Waals surface area contributed by atoms with E-state index in [4.69, 9.17) is 4.74 Å². The van der Waals surface area contributed by atoms with Gasteiger partial charge < -0.3 is 10.1 Å². The lowest BCUT2D eigenvalue weighted by Crippen LogP contribution is -2.27. The SMILES string of the molecule is COC(=O)c1ccc([C@@H]2Nc3ccc4ncccc4c3C3=C2C(=O)CCC3)cc1. The molecular formula is C24H20N2O3. The zero-order valence-electron chi connectivity index (χ0n) is 16.1. The summed E-state index contributed by atoms with van der Waals surface area (Å²) in [7, 11) is 1.37. The van der Waals surface area contributed by atoms with Crippen LogP contribution in [0.3, 0.4) is 0 Å². The Kier molecular flexibility index (Phi) is 4.16. The number of ether oxygens (including phenoxy) is 1. The minimum absolute atomic E-state index is 0.187. The maximum Gasteiger partial charge on any atom is 0.337 e. The molecule has 5 nitrogen and oxygen atoms in total. The number of fused-ring (bicyclic) bond motifs is 4. The summed E-state index contributed by atoms with van der Waals surface area (Å²) < 4.78 is 4.79. The van der Waals surface area contributed by atoms with Crippen molar-refractivity contribution in [2.75, 3.05) is 12.4 Å². The molecule has 29 heavy (non-hydrogen) atoms. The van der Waals surface area contributed by atoms with Gasteiger partial charge in [-0.25, -0.2) is 4.79 Å². The summed E-state index contributed by atoms with van der Waals surface area (Å²) in [6.07, 6.45) is 4.09. The first-order chi connectivity index (χ1) is 14.2. The van der Waals surface area contributed by atoms with Gasteiger partial charge in [0.2, 0.25) is 0 Å². The van der Waals surface area contributed by atoms with Crippen molar-refractivity contribution >= 4 is 33.9 Å². The summed E-state index contributed by atoms with van der Waals surface area (Å²) in [5.41, 5.74) is 6.45. The zero-order chi connectivity index (χ0) is 20.0. The maximum absolute atomic E-state index is 13.0. The summed E-state index contributed by atoms with van der Waals surface area (Å²) in [6, 6.07) is 15.1. The van der Waals surface area contributed by atoms with Crippen molar-refractivity contribution in [3.8, 4) is 0 Å². The molecule has 2 heterocycles. The summed E-state index contributed by atoms with van der Waals surface area (Å²) in [5, 5.41) is 4.64. The van der Waals surface area contributed by atoms with Gasteiger partial charge in [-0.1, -0.05) is 18.2 Å². The molecule has 1 aromatic heterocycles. The number of esters is 1. The second kappa shape index (κ2) is 6.85. The van der Waals surface area contributed by atoms with E-state index in [-0.39, 0.29) is 17.8 Å². The summed E-state index contributed by atoms with van der Waals surface area (Å²) >= 11 is 0. The van der Waals surface area contributed by atoms with Gasteiger partial charge in [0.15, 0.2) is 5.78 Å². The highest BCUT2D eigenvalue weighted by molar-refractivity contribution is 6.12. The van der Waals surface area contributed by atoms with Crippen molar-refractivity contribution in [3.63, 3.8) is 0 Å². The molecule has 0 saturated heterocycles. The molecule has 0 fully saturated rings. The normalized spacial score (nSPS) is 18.1. The zero-order valence-corrected chi connectivity index (χ0v) is 16.1. The number of nitrogens with one attached hydrogen (secondary N) is 1. The third-order valence-corrected chi connectivity index (χ3v) is 5.80. The van der Waals surface area contributed by atoms with Gasteiger partial charge in [0, 0.05) is 34.8 Å². The first-order valence-electron chi connectivity index (χ1n) is 9.76. The Bertz CT molecular complexity index is 1180. The monoisotopic (exact) mass is 384 g/mol. The van der Waals surface area contributed by atoms with Crippen LogP contribution in [0.5, 0.6) is 0 Å². The molecule has 3 aromatic rings. The predicted molar refractivity (Wildman–Crippen MR) is 112 cm³/mol. The summed E-state index contributed by atoms with van der Waals surface area (Å²) in [6.45, 7) is 0. The highest BCUT2D eigenvalue weighted by atomic mass is 16.5. The molecule has 0 unspecified atom stereocenters. The van der Waals surface area contributed by atoms with Crippen LogP contribution in [0.15, 0.2) is 60.3 Å². The van der Waals surface area contributed by atoms with Crippen molar-refractivity contribution in [1.29, 1.82) is 0 Å². The lowest BCUT2D eigenvalue weighted by atomic mass is 9.77. The number of hydrogen-bond acceptors (Lipinski definition) is 5. The fourth-order valence-corrected chi connectivity index (χ4v) is 4.46. The standard InChI is InChI=1S/C24H20N2O3/c1-29-24(28)15-9-7-14(8-10-15)23-22-17(4-2-6-20(22)27)21-16-5-3-13-25-18(16)11-12-19(21)26-23/h3,5,7-13,23,26H,2,4,6H2,1H3/t23-/m0/s1. The highest BCUT2D eigenvalue weighted by Gasteiger charge is 2.35. The molecule has 144 valence electrons. The van der Waals surface area contributed by atoms with E-state index in [1.54, 1.807) is 18.3 Å².